The Kier molecular flexibility index (Phi) is 9.79. The molecule has 5 rings (SSSR count). The van der Waals surface area contributed by atoms with Crippen LogP contribution in [0.25, 0.3) is 11.1 Å². The molecule has 3 aromatic carbocycles. The third-order valence-corrected chi connectivity index (χ3v) is 8.24. The Hall–Kier alpha value is -1.46. The molecule has 0 atom stereocenters. The van der Waals surface area contributed by atoms with Crippen LogP contribution in [-0.2, 0) is 41.5 Å². The van der Waals surface area contributed by atoms with Gasteiger partial charge in [-0.25, -0.2) is 12.1 Å². The summed E-state index contributed by atoms with van der Waals surface area (Å²) in [5, 5.41) is 0. The number of hydrogen-bond acceptors (Lipinski definition) is 0. The Morgan fingerprint density at radius 3 is 1.97 bits per heavy atom. The van der Waals surface area contributed by atoms with Gasteiger partial charge in [-0.15, -0.1) is 11.1 Å². The average molecular weight is 544 g/mol. The number of benzene rings is 2. The largest absolute Gasteiger partial charge is 0.214 e. The molecule has 2 aliphatic rings. The quantitative estimate of drug-likeness (QED) is 0.210. The summed E-state index contributed by atoms with van der Waals surface area (Å²) in [6.07, 6.45) is 8.44. The smallest absolute Gasteiger partial charge is 0.172 e. The van der Waals surface area contributed by atoms with Gasteiger partial charge in [0.05, 0.1) is 0 Å². The zero-order chi connectivity index (χ0) is 25.6. The summed E-state index contributed by atoms with van der Waals surface area (Å²) in [4.78, 5) is 0. The monoisotopic (exact) mass is 542 g/mol. The molecule has 0 aromatic heterocycles. The minimum absolute atomic E-state index is 0.167. The summed E-state index contributed by atoms with van der Waals surface area (Å²) in [5.74, 6) is 1.01. The van der Waals surface area contributed by atoms with Gasteiger partial charge in [-0.3, -0.25) is 0 Å². The molecule has 1 heteroatoms. The van der Waals surface area contributed by atoms with Crippen LogP contribution in [0.4, 0.5) is 0 Å². The van der Waals surface area contributed by atoms with E-state index >= 15 is 0 Å². The molecule has 2 aliphatic carbocycles. The van der Waals surface area contributed by atoms with Gasteiger partial charge in [-0.2, -0.15) is 42.0 Å². The van der Waals surface area contributed by atoms with Crippen LogP contribution in [0.5, 0.6) is 0 Å². The molecule has 0 radical (unpaired) electrons. The topological polar surface area (TPSA) is 0 Å². The molecule has 0 bridgehead atoms. The van der Waals surface area contributed by atoms with Crippen molar-refractivity contribution in [2.75, 3.05) is 0 Å². The minimum atomic E-state index is 0.167. The normalized spacial score (nSPS) is 15.2. The van der Waals surface area contributed by atoms with Crippen molar-refractivity contribution in [1.29, 1.82) is 0 Å². The molecule has 0 N–H and O–H groups in total. The Bertz CT molecular complexity index is 1000. The fourth-order valence-electron chi connectivity index (χ4n) is 4.88. The van der Waals surface area contributed by atoms with E-state index in [-0.39, 0.29) is 10.8 Å². The van der Waals surface area contributed by atoms with E-state index in [2.05, 4.69) is 84.9 Å². The molecule has 0 heterocycles. The van der Waals surface area contributed by atoms with Crippen molar-refractivity contribution in [3.63, 3.8) is 0 Å². The van der Waals surface area contributed by atoms with E-state index in [9.17, 15) is 0 Å². The number of fused-ring (bicyclic) bond motifs is 3. The molecule has 0 nitrogen and oxygen atoms in total. The maximum absolute atomic E-state index is 3.67. The number of rotatable bonds is 1. The van der Waals surface area contributed by atoms with Crippen LogP contribution >= 0.6 is 0 Å². The van der Waals surface area contributed by atoms with Crippen molar-refractivity contribution in [2.45, 2.75) is 97.8 Å². The molecule has 1 fully saturated rings. The fourth-order valence-corrected chi connectivity index (χ4v) is 5.59. The van der Waals surface area contributed by atoms with Gasteiger partial charge in [-0.05, 0) is 28.4 Å². The zero-order valence-electron chi connectivity index (χ0n) is 23.1. The molecule has 1 saturated carbocycles. The first-order chi connectivity index (χ1) is 16.5. The van der Waals surface area contributed by atoms with E-state index in [1.807, 2.05) is 30.3 Å². The molecule has 0 amide bonds. The predicted octanol–water partition coefficient (Wildman–Crippen LogP) is 9.36. The van der Waals surface area contributed by atoms with Gasteiger partial charge < -0.3 is 0 Å². The first-order valence-corrected chi connectivity index (χ1v) is 14.6. The first kappa shape index (κ1) is 28.1. The molecule has 0 aliphatic heterocycles. The molecule has 0 saturated heterocycles. The standard InChI is InChI=1S/C21H25.C8H14.C5H5.Zr/c1-20(2,3)16-7-9-18-14(12-16)11-15-13-17(21(4,5)6)8-10-19(15)18;1-2-8-6-4-3-5-7-8;1-2-4-5-3-1;/h7-10,12H,11H2,1-6H3;8H,3-7H2,1H3;1-5H;/q-1;;-1;+2. The Balaban J connectivity index is 0.000000199. The molecule has 3 aromatic rings. The van der Waals surface area contributed by atoms with E-state index in [1.54, 1.807) is 27.4 Å². The molecule has 184 valence electrons. The van der Waals surface area contributed by atoms with E-state index in [0.29, 0.717) is 0 Å². The maximum atomic E-state index is 3.67. The van der Waals surface area contributed by atoms with Gasteiger partial charge in [0.1, 0.15) is 0 Å². The van der Waals surface area contributed by atoms with Gasteiger partial charge in [0.2, 0.25) is 0 Å². The molecule has 35 heavy (non-hydrogen) atoms. The van der Waals surface area contributed by atoms with Crippen LogP contribution in [0.15, 0.2) is 60.7 Å². The van der Waals surface area contributed by atoms with E-state index in [0.717, 1.165) is 12.3 Å². The van der Waals surface area contributed by atoms with E-state index in [4.69, 9.17) is 0 Å². The van der Waals surface area contributed by atoms with Gasteiger partial charge in [0.25, 0.3) is 0 Å². The summed E-state index contributed by atoms with van der Waals surface area (Å²) in [7, 11) is 0. The van der Waals surface area contributed by atoms with Crippen LogP contribution in [0, 0.1) is 12.0 Å². The van der Waals surface area contributed by atoms with Crippen molar-refractivity contribution in [3.8, 4) is 11.1 Å². The summed E-state index contributed by atoms with van der Waals surface area (Å²) in [6.45, 7) is 15.9. The number of hydrogen-bond donors (Lipinski definition) is 0. The maximum Gasteiger partial charge on any atom is -0.172 e. The third-order valence-electron chi connectivity index (χ3n) is 7.24. The second-order valence-electron chi connectivity index (χ2n) is 12.3. The third kappa shape index (κ3) is 8.02. The summed E-state index contributed by atoms with van der Waals surface area (Å²) in [6, 6.07) is 25.2. The van der Waals surface area contributed by atoms with Crippen molar-refractivity contribution in [3.05, 3.63) is 89.0 Å². The van der Waals surface area contributed by atoms with Gasteiger partial charge in [0, 0.05) is 0 Å². The zero-order valence-corrected chi connectivity index (χ0v) is 25.6. The predicted molar refractivity (Wildman–Crippen MR) is 150 cm³/mol. The van der Waals surface area contributed by atoms with Gasteiger partial charge >= 0.3 is 72.4 Å². The SMILES string of the molecule is CC(C)(C)c1[c-]c2c(cc1)-c1ccc(C(C)(C)C)cc1C2.C[C](=[Zr+2])C1CCCCC1.c1cc[cH-]c1. The average Bonchev–Trinajstić information content (AvgIpc) is 3.49. The summed E-state index contributed by atoms with van der Waals surface area (Å²) >= 11 is 1.66. The van der Waals surface area contributed by atoms with Gasteiger partial charge in [-0.1, -0.05) is 65.3 Å². The molecular weight excluding hydrogens is 500 g/mol. The fraction of sp³-hybridized carbons (Fsp3) is 0.471. The van der Waals surface area contributed by atoms with Crippen molar-refractivity contribution < 1.29 is 24.2 Å². The van der Waals surface area contributed by atoms with Crippen molar-refractivity contribution >= 4 is 3.21 Å². The van der Waals surface area contributed by atoms with Crippen LogP contribution in [0.1, 0.15) is 103 Å². The van der Waals surface area contributed by atoms with Crippen LogP contribution in [0.3, 0.4) is 0 Å². The van der Waals surface area contributed by atoms with Crippen LogP contribution in [0.2, 0.25) is 0 Å². The Morgan fingerprint density at radius 2 is 1.49 bits per heavy atom. The molecule has 0 unspecified atom stereocenters. The first-order valence-electron chi connectivity index (χ1n) is 13.4. The second-order valence-corrected chi connectivity index (χ2v) is 14.2. The van der Waals surface area contributed by atoms with Crippen LogP contribution in [-0.4, -0.2) is 3.21 Å². The summed E-state index contributed by atoms with van der Waals surface area (Å²) in [5.41, 5.74) is 8.70. The van der Waals surface area contributed by atoms with Crippen molar-refractivity contribution in [2.24, 2.45) is 5.92 Å². The Labute approximate surface area is 230 Å². The van der Waals surface area contributed by atoms with Crippen LogP contribution < -0.4 is 0 Å². The van der Waals surface area contributed by atoms with E-state index < -0.39 is 0 Å². The second kappa shape index (κ2) is 12.2. The minimum Gasteiger partial charge on any atom is -0.214 e. The Morgan fingerprint density at radius 1 is 0.857 bits per heavy atom. The molecular formula is C34H44Zr. The van der Waals surface area contributed by atoms with Gasteiger partial charge in [0.15, 0.2) is 0 Å². The molecule has 0 spiro atoms. The van der Waals surface area contributed by atoms with Crippen molar-refractivity contribution in [1.82, 2.24) is 0 Å². The summed E-state index contributed by atoms with van der Waals surface area (Å²) < 4.78 is 1.74. The van der Waals surface area contributed by atoms with E-state index in [1.165, 1.54) is 65.5 Å².